The number of nitrogens with one attached hydrogen (secondary N) is 1. The first kappa shape index (κ1) is 11.6. The van der Waals surface area contributed by atoms with Crippen LogP contribution in [0.25, 0.3) is 0 Å². The van der Waals surface area contributed by atoms with E-state index >= 15 is 0 Å². The number of hydrogen-bond acceptors (Lipinski definition) is 3. The van der Waals surface area contributed by atoms with Crippen LogP contribution in [0.5, 0.6) is 0 Å². The van der Waals surface area contributed by atoms with E-state index < -0.39 is 5.91 Å². The Bertz CT molecular complexity index is 211. The number of nitrogens with zero attached hydrogens (tertiary/aromatic N) is 1. The largest absolute Gasteiger partial charge is 0.368 e. The molecule has 0 aromatic carbocycles. The summed E-state index contributed by atoms with van der Waals surface area (Å²) >= 11 is 0. The molecule has 0 aliphatic heterocycles. The van der Waals surface area contributed by atoms with Crippen LogP contribution >= 0.6 is 0 Å². The third-order valence-electron chi connectivity index (χ3n) is 1.18. The molecule has 0 rings (SSSR count). The number of carbonyl (C=O) groups is 2. The lowest BCUT2D eigenvalue weighted by atomic mass is 10.4. The quantitative estimate of drug-likeness (QED) is 0.523. The summed E-state index contributed by atoms with van der Waals surface area (Å²) in [6.07, 6.45) is 3.08. The van der Waals surface area contributed by atoms with Crippen molar-refractivity contribution in [2.45, 2.75) is 0 Å². The summed E-state index contributed by atoms with van der Waals surface area (Å²) in [6.45, 7) is 0.565. The fourth-order valence-electron chi connectivity index (χ4n) is 0.604. The highest BCUT2D eigenvalue weighted by molar-refractivity contribution is 5.90. The molecule has 2 amide bonds. The lowest BCUT2D eigenvalue weighted by molar-refractivity contribution is -0.122. The third kappa shape index (κ3) is 8.55. The van der Waals surface area contributed by atoms with Crippen LogP contribution in [0.3, 0.4) is 0 Å². The standard InChI is InChI=1S/C8H15N3O2/c1-11(2)5-3-4-8(13)10-6-7(9)12/h3-4H,5-6H2,1-2H3,(H2,9,12)(H,10,13). The summed E-state index contributed by atoms with van der Waals surface area (Å²) in [5.41, 5.74) is 4.83. The molecule has 13 heavy (non-hydrogen) atoms. The van der Waals surface area contributed by atoms with Crippen molar-refractivity contribution in [1.82, 2.24) is 10.2 Å². The van der Waals surface area contributed by atoms with Gasteiger partial charge in [-0.3, -0.25) is 9.59 Å². The number of rotatable bonds is 5. The second kappa shape index (κ2) is 6.19. The summed E-state index contributed by atoms with van der Waals surface area (Å²) in [5.74, 6) is -0.852. The van der Waals surface area contributed by atoms with Crippen molar-refractivity contribution >= 4 is 11.8 Å². The minimum atomic E-state index is -0.547. The molecule has 3 N–H and O–H groups in total. The van der Waals surface area contributed by atoms with Gasteiger partial charge in [0.25, 0.3) is 0 Å². The van der Waals surface area contributed by atoms with Gasteiger partial charge in [0, 0.05) is 12.6 Å². The Morgan fingerprint density at radius 3 is 2.54 bits per heavy atom. The van der Waals surface area contributed by atoms with Gasteiger partial charge >= 0.3 is 0 Å². The van der Waals surface area contributed by atoms with E-state index in [-0.39, 0.29) is 12.5 Å². The van der Waals surface area contributed by atoms with Crippen molar-refractivity contribution in [3.63, 3.8) is 0 Å². The molecule has 0 aliphatic carbocycles. The maximum absolute atomic E-state index is 10.9. The highest BCUT2D eigenvalue weighted by atomic mass is 16.2. The lowest BCUT2D eigenvalue weighted by Gasteiger charge is -2.03. The number of primary amides is 1. The first-order valence-electron chi connectivity index (χ1n) is 3.89. The molecular formula is C8H15N3O2. The molecule has 0 bridgehead atoms. The van der Waals surface area contributed by atoms with E-state index in [1.54, 1.807) is 6.08 Å². The fraction of sp³-hybridized carbons (Fsp3) is 0.500. The Kier molecular flexibility index (Phi) is 5.54. The molecule has 74 valence electrons. The smallest absolute Gasteiger partial charge is 0.244 e. The summed E-state index contributed by atoms with van der Waals surface area (Å²) in [7, 11) is 3.79. The van der Waals surface area contributed by atoms with Gasteiger partial charge < -0.3 is 16.0 Å². The minimum Gasteiger partial charge on any atom is -0.368 e. The van der Waals surface area contributed by atoms with Crippen LogP contribution in [0.2, 0.25) is 0 Å². The van der Waals surface area contributed by atoms with Gasteiger partial charge in [-0.2, -0.15) is 0 Å². The maximum Gasteiger partial charge on any atom is 0.244 e. The van der Waals surface area contributed by atoms with E-state index in [0.29, 0.717) is 6.54 Å². The average molecular weight is 185 g/mol. The average Bonchev–Trinajstić information content (AvgIpc) is 2.00. The van der Waals surface area contributed by atoms with E-state index in [1.807, 2.05) is 19.0 Å². The van der Waals surface area contributed by atoms with Crippen molar-refractivity contribution in [3.05, 3.63) is 12.2 Å². The monoisotopic (exact) mass is 185 g/mol. The molecule has 0 radical (unpaired) electrons. The molecule has 0 heterocycles. The zero-order valence-corrected chi connectivity index (χ0v) is 7.91. The van der Waals surface area contributed by atoms with Gasteiger partial charge in [0.1, 0.15) is 0 Å². The number of hydrogen-bond donors (Lipinski definition) is 2. The molecule has 0 unspecified atom stereocenters. The molecular weight excluding hydrogens is 170 g/mol. The van der Waals surface area contributed by atoms with E-state index in [2.05, 4.69) is 5.32 Å². The van der Waals surface area contributed by atoms with Crippen LogP contribution in [0.1, 0.15) is 0 Å². The Balaban J connectivity index is 3.61. The summed E-state index contributed by atoms with van der Waals surface area (Å²) in [5, 5.41) is 2.34. The fourth-order valence-corrected chi connectivity index (χ4v) is 0.604. The highest BCUT2D eigenvalue weighted by Gasteiger charge is 1.96. The SMILES string of the molecule is CN(C)CC=CC(=O)NCC(N)=O. The highest BCUT2D eigenvalue weighted by Crippen LogP contribution is 1.77. The molecule has 0 spiro atoms. The number of likely N-dealkylation sites (N-methyl/N-ethyl adjacent to an activating group) is 1. The number of carbonyl (C=O) groups excluding carboxylic acids is 2. The van der Waals surface area contributed by atoms with Crippen molar-refractivity contribution in [3.8, 4) is 0 Å². The Hall–Kier alpha value is -1.36. The molecule has 0 aromatic heterocycles. The first-order chi connectivity index (χ1) is 6.02. The van der Waals surface area contributed by atoms with Crippen LogP contribution in [0.4, 0.5) is 0 Å². The molecule has 5 nitrogen and oxygen atoms in total. The second-order valence-electron chi connectivity index (χ2n) is 2.85. The minimum absolute atomic E-state index is 0.120. The van der Waals surface area contributed by atoms with Crippen LogP contribution < -0.4 is 11.1 Å². The van der Waals surface area contributed by atoms with Gasteiger partial charge in [0.05, 0.1) is 6.54 Å². The van der Waals surface area contributed by atoms with Crippen LogP contribution in [-0.2, 0) is 9.59 Å². The lowest BCUT2D eigenvalue weighted by Crippen LogP contribution is -2.32. The number of nitrogens with two attached hydrogens (primary N) is 1. The second-order valence-corrected chi connectivity index (χ2v) is 2.85. The summed E-state index contributed by atoms with van der Waals surface area (Å²) < 4.78 is 0. The Labute approximate surface area is 77.6 Å². The molecule has 0 aliphatic rings. The van der Waals surface area contributed by atoms with E-state index in [0.717, 1.165) is 0 Å². The molecule has 0 fully saturated rings. The van der Waals surface area contributed by atoms with Gasteiger partial charge in [-0.05, 0) is 14.1 Å². The van der Waals surface area contributed by atoms with Crippen molar-refractivity contribution in [2.75, 3.05) is 27.2 Å². The maximum atomic E-state index is 10.9. The predicted octanol–water partition coefficient (Wildman–Crippen LogP) is -1.29. The topological polar surface area (TPSA) is 75.4 Å². The molecule has 5 heteroatoms. The summed E-state index contributed by atoms with van der Waals surface area (Å²) in [6, 6.07) is 0. The molecule has 0 saturated heterocycles. The van der Waals surface area contributed by atoms with Crippen LogP contribution in [-0.4, -0.2) is 43.9 Å². The van der Waals surface area contributed by atoms with Gasteiger partial charge in [-0.25, -0.2) is 0 Å². The predicted molar refractivity (Wildman–Crippen MR) is 49.9 cm³/mol. The van der Waals surface area contributed by atoms with E-state index in [1.165, 1.54) is 6.08 Å². The van der Waals surface area contributed by atoms with Gasteiger partial charge in [-0.15, -0.1) is 0 Å². The van der Waals surface area contributed by atoms with Gasteiger partial charge in [0.15, 0.2) is 0 Å². The van der Waals surface area contributed by atoms with E-state index in [9.17, 15) is 9.59 Å². The van der Waals surface area contributed by atoms with Crippen molar-refractivity contribution in [1.29, 1.82) is 0 Å². The first-order valence-corrected chi connectivity index (χ1v) is 3.89. The van der Waals surface area contributed by atoms with Crippen molar-refractivity contribution in [2.24, 2.45) is 5.73 Å². The molecule has 0 aromatic rings. The zero-order chi connectivity index (χ0) is 10.3. The Morgan fingerprint density at radius 1 is 1.46 bits per heavy atom. The Morgan fingerprint density at radius 2 is 2.08 bits per heavy atom. The normalized spacial score (nSPS) is 10.7. The molecule has 0 atom stereocenters. The van der Waals surface area contributed by atoms with Crippen LogP contribution in [0.15, 0.2) is 12.2 Å². The van der Waals surface area contributed by atoms with Gasteiger partial charge in [0.2, 0.25) is 11.8 Å². The van der Waals surface area contributed by atoms with Crippen molar-refractivity contribution < 1.29 is 9.59 Å². The molecule has 0 saturated carbocycles. The number of amides is 2. The third-order valence-corrected chi connectivity index (χ3v) is 1.18. The van der Waals surface area contributed by atoms with E-state index in [4.69, 9.17) is 5.73 Å². The van der Waals surface area contributed by atoms with Gasteiger partial charge in [-0.1, -0.05) is 6.08 Å². The summed E-state index contributed by atoms with van der Waals surface area (Å²) in [4.78, 5) is 23.1. The van der Waals surface area contributed by atoms with Crippen LogP contribution in [0, 0.1) is 0 Å². The zero-order valence-electron chi connectivity index (χ0n) is 7.91.